The van der Waals surface area contributed by atoms with Crippen molar-refractivity contribution in [3.8, 4) is 16.9 Å². The number of fused-ring (bicyclic) bond motifs is 1. The molecule has 0 saturated heterocycles. The molecule has 0 spiro atoms. The quantitative estimate of drug-likeness (QED) is 0.716. The Morgan fingerprint density at radius 2 is 1.81 bits per heavy atom. The summed E-state index contributed by atoms with van der Waals surface area (Å²) in [6, 6.07) is 10.9. The first-order valence-electron chi connectivity index (χ1n) is 6.47. The lowest BCUT2D eigenvalue weighted by atomic mass is 10.0. The maximum Gasteiger partial charge on any atom is 0.200 e. The van der Waals surface area contributed by atoms with Crippen molar-refractivity contribution < 1.29 is 13.5 Å². The maximum absolute atomic E-state index is 13.0. The van der Waals surface area contributed by atoms with Crippen molar-refractivity contribution in [2.24, 2.45) is 0 Å². The lowest BCUT2D eigenvalue weighted by molar-refractivity contribution is 0.414. The van der Waals surface area contributed by atoms with Crippen molar-refractivity contribution in [1.82, 2.24) is 0 Å². The zero-order valence-corrected chi connectivity index (χ0v) is 11.6. The fraction of sp³-hybridized carbons (Fsp3) is 0.118. The third-order valence-electron chi connectivity index (χ3n) is 3.41. The third kappa shape index (κ3) is 2.29. The molecule has 1 heterocycles. The molecule has 0 unspecified atom stereocenters. The summed E-state index contributed by atoms with van der Waals surface area (Å²) in [5.74, 6) is 0.776. The zero-order valence-electron chi connectivity index (χ0n) is 11.6. The molecular formula is C17H13FO3. The minimum absolute atomic E-state index is 0.136. The number of halogens is 1. The van der Waals surface area contributed by atoms with E-state index < -0.39 is 0 Å². The standard InChI is InChI=1S/C17H13FO3/c1-10-16(11-3-5-12(18)6-4-11)17(19)14-8-7-13(20-2)9-15(14)21-10/h3-9H,1-2H3. The summed E-state index contributed by atoms with van der Waals surface area (Å²) in [6.07, 6.45) is 0. The van der Waals surface area contributed by atoms with Crippen LogP contribution in [0.4, 0.5) is 4.39 Å². The summed E-state index contributed by atoms with van der Waals surface area (Å²) in [5.41, 5.74) is 1.43. The number of ether oxygens (including phenoxy) is 1. The van der Waals surface area contributed by atoms with E-state index in [9.17, 15) is 9.18 Å². The van der Waals surface area contributed by atoms with Crippen molar-refractivity contribution in [2.75, 3.05) is 7.11 Å². The number of hydrogen-bond donors (Lipinski definition) is 0. The highest BCUT2D eigenvalue weighted by molar-refractivity contribution is 5.83. The third-order valence-corrected chi connectivity index (χ3v) is 3.41. The predicted octanol–water partition coefficient (Wildman–Crippen LogP) is 3.92. The molecule has 0 aliphatic heterocycles. The van der Waals surface area contributed by atoms with Gasteiger partial charge >= 0.3 is 0 Å². The van der Waals surface area contributed by atoms with E-state index in [1.165, 1.54) is 12.1 Å². The molecule has 0 bridgehead atoms. The number of hydrogen-bond acceptors (Lipinski definition) is 3. The van der Waals surface area contributed by atoms with E-state index in [2.05, 4.69) is 0 Å². The Morgan fingerprint density at radius 1 is 1.10 bits per heavy atom. The molecule has 3 rings (SSSR count). The van der Waals surface area contributed by atoms with Crippen molar-refractivity contribution in [1.29, 1.82) is 0 Å². The summed E-state index contributed by atoms with van der Waals surface area (Å²) in [4.78, 5) is 12.6. The Kier molecular flexibility index (Phi) is 3.22. The van der Waals surface area contributed by atoms with Crippen molar-refractivity contribution in [2.45, 2.75) is 6.92 Å². The van der Waals surface area contributed by atoms with E-state index in [1.54, 1.807) is 44.4 Å². The summed E-state index contributed by atoms with van der Waals surface area (Å²) in [5, 5.41) is 0.473. The zero-order chi connectivity index (χ0) is 15.0. The van der Waals surface area contributed by atoms with Gasteiger partial charge in [-0.2, -0.15) is 0 Å². The molecule has 0 atom stereocenters. The van der Waals surface area contributed by atoms with Gasteiger partial charge in [0.25, 0.3) is 0 Å². The van der Waals surface area contributed by atoms with Gasteiger partial charge in [0.05, 0.1) is 18.1 Å². The molecule has 0 aliphatic carbocycles. The molecule has 106 valence electrons. The molecule has 0 saturated carbocycles. The molecule has 21 heavy (non-hydrogen) atoms. The number of aryl methyl sites for hydroxylation is 1. The smallest absolute Gasteiger partial charge is 0.200 e. The van der Waals surface area contributed by atoms with Crippen LogP contribution in [0.5, 0.6) is 5.75 Å². The van der Waals surface area contributed by atoms with E-state index in [0.29, 0.717) is 33.6 Å². The molecule has 0 aliphatic rings. The van der Waals surface area contributed by atoms with Crippen molar-refractivity contribution >= 4 is 11.0 Å². The predicted molar refractivity (Wildman–Crippen MR) is 79.2 cm³/mol. The van der Waals surface area contributed by atoms with Gasteiger partial charge in [-0.15, -0.1) is 0 Å². The first-order chi connectivity index (χ1) is 10.1. The topological polar surface area (TPSA) is 39.4 Å². The van der Waals surface area contributed by atoms with Crippen LogP contribution in [0.25, 0.3) is 22.1 Å². The fourth-order valence-corrected chi connectivity index (χ4v) is 2.36. The monoisotopic (exact) mass is 284 g/mol. The van der Waals surface area contributed by atoms with Gasteiger partial charge in [-0.1, -0.05) is 12.1 Å². The molecule has 4 heteroatoms. The Hall–Kier alpha value is -2.62. The van der Waals surface area contributed by atoms with Crippen LogP contribution in [0.2, 0.25) is 0 Å². The first kappa shape index (κ1) is 13.4. The van der Waals surface area contributed by atoms with Crippen LogP contribution in [0.3, 0.4) is 0 Å². The SMILES string of the molecule is COc1ccc2c(=O)c(-c3ccc(F)cc3)c(C)oc2c1. The van der Waals surface area contributed by atoms with Crippen LogP contribution < -0.4 is 10.2 Å². The Balaban J connectivity index is 2.29. The van der Waals surface area contributed by atoms with Crippen LogP contribution in [0.1, 0.15) is 5.76 Å². The minimum Gasteiger partial charge on any atom is -0.497 e. The van der Waals surface area contributed by atoms with Gasteiger partial charge in [-0.25, -0.2) is 4.39 Å². The fourth-order valence-electron chi connectivity index (χ4n) is 2.36. The summed E-state index contributed by atoms with van der Waals surface area (Å²) < 4.78 is 23.9. The largest absolute Gasteiger partial charge is 0.497 e. The molecule has 3 nitrogen and oxygen atoms in total. The van der Waals surface area contributed by atoms with Gasteiger partial charge in [0.2, 0.25) is 5.43 Å². The van der Waals surface area contributed by atoms with Gasteiger partial charge in [0.1, 0.15) is 22.9 Å². The van der Waals surface area contributed by atoms with Crippen LogP contribution in [0.15, 0.2) is 51.7 Å². The normalized spacial score (nSPS) is 10.8. The first-order valence-corrected chi connectivity index (χ1v) is 6.47. The average Bonchev–Trinajstić information content (AvgIpc) is 2.48. The van der Waals surface area contributed by atoms with Gasteiger partial charge < -0.3 is 9.15 Å². The summed E-state index contributed by atoms with van der Waals surface area (Å²) in [6.45, 7) is 1.72. The van der Waals surface area contributed by atoms with Crippen LogP contribution in [-0.2, 0) is 0 Å². The Labute approximate surface area is 120 Å². The van der Waals surface area contributed by atoms with Gasteiger partial charge in [-0.3, -0.25) is 4.79 Å². The van der Waals surface area contributed by atoms with Crippen LogP contribution >= 0.6 is 0 Å². The van der Waals surface area contributed by atoms with Crippen LogP contribution in [-0.4, -0.2) is 7.11 Å². The van der Waals surface area contributed by atoms with E-state index >= 15 is 0 Å². The average molecular weight is 284 g/mol. The highest BCUT2D eigenvalue weighted by atomic mass is 19.1. The van der Waals surface area contributed by atoms with E-state index in [4.69, 9.17) is 9.15 Å². The van der Waals surface area contributed by atoms with E-state index in [1.807, 2.05) is 0 Å². The molecule has 0 N–H and O–H groups in total. The lowest BCUT2D eigenvalue weighted by Gasteiger charge is -2.08. The maximum atomic E-state index is 13.0. The number of benzene rings is 2. The van der Waals surface area contributed by atoms with Gasteiger partial charge in [-0.05, 0) is 36.8 Å². The molecule has 1 aromatic heterocycles. The number of rotatable bonds is 2. The molecule has 0 fully saturated rings. The second-order valence-corrected chi connectivity index (χ2v) is 4.73. The van der Waals surface area contributed by atoms with Crippen molar-refractivity contribution in [3.63, 3.8) is 0 Å². The molecule has 3 aromatic rings. The summed E-state index contributed by atoms with van der Waals surface area (Å²) >= 11 is 0. The highest BCUT2D eigenvalue weighted by Crippen LogP contribution is 2.26. The van der Waals surface area contributed by atoms with E-state index in [0.717, 1.165) is 0 Å². The Bertz CT molecular complexity index is 864. The van der Waals surface area contributed by atoms with Gasteiger partial charge in [0, 0.05) is 6.07 Å². The molecular weight excluding hydrogens is 271 g/mol. The summed E-state index contributed by atoms with van der Waals surface area (Å²) in [7, 11) is 1.55. The van der Waals surface area contributed by atoms with E-state index in [-0.39, 0.29) is 11.2 Å². The Morgan fingerprint density at radius 3 is 2.48 bits per heavy atom. The molecule has 0 amide bonds. The second-order valence-electron chi connectivity index (χ2n) is 4.73. The van der Waals surface area contributed by atoms with Crippen molar-refractivity contribution in [3.05, 3.63) is 64.3 Å². The lowest BCUT2D eigenvalue weighted by Crippen LogP contribution is -2.07. The minimum atomic E-state index is -0.341. The molecule has 2 aromatic carbocycles. The van der Waals surface area contributed by atoms with Gasteiger partial charge in [0.15, 0.2) is 0 Å². The molecule has 0 radical (unpaired) electrons. The second kappa shape index (κ2) is 5.05. The van der Waals surface area contributed by atoms with Crippen LogP contribution in [0, 0.1) is 12.7 Å². The highest BCUT2D eigenvalue weighted by Gasteiger charge is 2.14. The number of methoxy groups -OCH3 is 1.